The molecule has 4 rings (SSSR count). The first-order chi connectivity index (χ1) is 9.81. The van der Waals surface area contributed by atoms with Crippen LogP contribution in [-0.4, -0.2) is 33.6 Å². The van der Waals surface area contributed by atoms with Gasteiger partial charge in [-0.1, -0.05) is 12.8 Å². The minimum atomic E-state index is 0. The Bertz CT molecular complexity index is 468. The third-order valence-corrected chi connectivity index (χ3v) is 5.57. The highest BCUT2D eigenvalue weighted by atomic mass is 35.5. The van der Waals surface area contributed by atoms with Gasteiger partial charge < -0.3 is 10.3 Å². The lowest BCUT2D eigenvalue weighted by molar-refractivity contribution is 0.297. The van der Waals surface area contributed by atoms with Crippen LogP contribution in [0.1, 0.15) is 50.3 Å². The van der Waals surface area contributed by atoms with Crippen LogP contribution in [0.5, 0.6) is 0 Å². The Kier molecular flexibility index (Phi) is 6.17. The van der Waals surface area contributed by atoms with Crippen LogP contribution in [0.4, 0.5) is 0 Å². The first-order valence-electron chi connectivity index (χ1n) is 8.30. The highest BCUT2D eigenvalue weighted by Gasteiger charge is 2.40. The van der Waals surface area contributed by atoms with Gasteiger partial charge in [0.15, 0.2) is 0 Å². The predicted octanol–water partition coefficient (Wildman–Crippen LogP) is 3.01. The maximum Gasteiger partial charge on any atom is 0.0951 e. The molecule has 2 atom stereocenters. The van der Waals surface area contributed by atoms with Crippen molar-refractivity contribution in [3.05, 3.63) is 18.2 Å². The normalized spacial score (nSPS) is 29.3. The summed E-state index contributed by atoms with van der Waals surface area (Å²) in [7, 11) is 0. The lowest BCUT2D eigenvalue weighted by Crippen LogP contribution is -2.30. The quantitative estimate of drug-likeness (QED) is 0.911. The maximum atomic E-state index is 6.34. The summed E-state index contributed by atoms with van der Waals surface area (Å²) in [6.45, 7) is 3.30. The van der Waals surface area contributed by atoms with Crippen molar-refractivity contribution >= 4 is 24.8 Å². The van der Waals surface area contributed by atoms with E-state index in [-0.39, 0.29) is 24.8 Å². The predicted molar refractivity (Wildman–Crippen MR) is 93.7 cm³/mol. The number of hydrogen-bond acceptors (Lipinski definition) is 3. The molecule has 0 bridgehead atoms. The molecule has 1 aromatic rings. The molecule has 0 amide bonds. The van der Waals surface area contributed by atoms with Crippen LogP contribution in [0, 0.1) is 11.8 Å². The van der Waals surface area contributed by atoms with E-state index in [1.54, 1.807) is 0 Å². The average Bonchev–Trinajstić information content (AvgIpc) is 2.86. The fourth-order valence-corrected chi connectivity index (χ4v) is 4.29. The number of nitrogens with two attached hydrogens (primary N) is 1. The van der Waals surface area contributed by atoms with Gasteiger partial charge in [-0.15, -0.1) is 24.8 Å². The fourth-order valence-electron chi connectivity index (χ4n) is 4.29. The van der Waals surface area contributed by atoms with E-state index in [0.717, 1.165) is 24.9 Å². The molecular weight excluding hydrogens is 319 g/mol. The molecule has 3 aliphatic rings. The van der Waals surface area contributed by atoms with Crippen molar-refractivity contribution in [3.8, 4) is 0 Å². The Morgan fingerprint density at radius 1 is 1.09 bits per heavy atom. The monoisotopic (exact) mass is 346 g/mol. The van der Waals surface area contributed by atoms with E-state index in [1.165, 1.54) is 50.8 Å². The van der Waals surface area contributed by atoms with Crippen LogP contribution in [0.2, 0.25) is 0 Å². The summed E-state index contributed by atoms with van der Waals surface area (Å²) in [6, 6.07) is 1.09. The van der Waals surface area contributed by atoms with Gasteiger partial charge in [-0.3, -0.25) is 4.90 Å². The molecule has 22 heavy (non-hydrogen) atoms. The molecule has 2 saturated carbocycles. The van der Waals surface area contributed by atoms with Crippen LogP contribution in [0.25, 0.3) is 0 Å². The molecule has 0 radical (unpaired) electrons. The minimum absolute atomic E-state index is 0. The number of hydrogen-bond donors (Lipinski definition) is 1. The summed E-state index contributed by atoms with van der Waals surface area (Å²) < 4.78 is 2.43. The number of nitrogens with zero attached hydrogens (tertiary/aromatic N) is 3. The molecule has 1 aromatic heterocycles. The van der Waals surface area contributed by atoms with E-state index >= 15 is 0 Å². The summed E-state index contributed by atoms with van der Waals surface area (Å²) in [6.07, 6.45) is 12.3. The van der Waals surface area contributed by atoms with Gasteiger partial charge in [-0.05, 0) is 37.5 Å². The van der Waals surface area contributed by atoms with Crippen LogP contribution in [0.3, 0.4) is 0 Å². The zero-order valence-electron chi connectivity index (χ0n) is 13.1. The molecule has 0 unspecified atom stereocenters. The van der Waals surface area contributed by atoms with Crippen molar-refractivity contribution in [2.24, 2.45) is 17.6 Å². The molecule has 126 valence electrons. The zero-order valence-corrected chi connectivity index (χ0v) is 14.7. The van der Waals surface area contributed by atoms with Crippen molar-refractivity contribution in [3.63, 3.8) is 0 Å². The largest absolute Gasteiger partial charge is 0.330 e. The summed E-state index contributed by atoms with van der Waals surface area (Å²) in [5.74, 6) is 1.67. The van der Waals surface area contributed by atoms with Crippen molar-refractivity contribution in [1.82, 2.24) is 14.5 Å². The lowest BCUT2D eigenvalue weighted by atomic mass is 9.99. The second-order valence-corrected chi connectivity index (χ2v) is 7.09. The molecule has 0 spiro atoms. The van der Waals surface area contributed by atoms with Gasteiger partial charge in [0.1, 0.15) is 0 Å². The van der Waals surface area contributed by atoms with Crippen molar-refractivity contribution in [2.75, 3.05) is 13.1 Å². The molecular formula is C16H28Cl2N4. The van der Waals surface area contributed by atoms with Gasteiger partial charge in [0, 0.05) is 37.9 Å². The third kappa shape index (κ3) is 3.61. The first-order valence-corrected chi connectivity index (χ1v) is 8.30. The average molecular weight is 347 g/mol. The molecule has 1 aliphatic heterocycles. The van der Waals surface area contributed by atoms with E-state index in [2.05, 4.69) is 20.6 Å². The topological polar surface area (TPSA) is 47.1 Å². The first kappa shape index (κ1) is 18.1. The highest BCUT2D eigenvalue weighted by Crippen LogP contribution is 2.41. The van der Waals surface area contributed by atoms with E-state index in [0.29, 0.717) is 12.1 Å². The molecule has 4 nitrogen and oxygen atoms in total. The van der Waals surface area contributed by atoms with Crippen molar-refractivity contribution in [1.29, 1.82) is 0 Å². The SMILES string of the molecule is Cl.Cl.N[C@H]1CN(Cc2cncn2C2CCCC2)C[C@@H]1C1CC1. The summed E-state index contributed by atoms with van der Waals surface area (Å²) in [4.78, 5) is 6.95. The molecule has 3 fully saturated rings. The zero-order chi connectivity index (χ0) is 13.5. The molecule has 6 heteroatoms. The Morgan fingerprint density at radius 3 is 2.50 bits per heavy atom. The standard InChI is InChI=1S/C16H26N4.2ClH/c17-16-10-19(9-15(16)12-5-6-12)8-14-7-18-11-20(14)13-3-1-2-4-13;;/h7,11-13,15-16H,1-6,8-10,17H2;2*1H/t15-,16+;;/m1../s1. The Hall–Kier alpha value is -0.290. The summed E-state index contributed by atoms with van der Waals surface area (Å²) >= 11 is 0. The molecule has 2 aliphatic carbocycles. The van der Waals surface area contributed by atoms with E-state index in [1.807, 2.05) is 6.33 Å². The number of halogens is 2. The van der Waals surface area contributed by atoms with Crippen LogP contribution < -0.4 is 5.73 Å². The Labute approximate surface area is 145 Å². The fraction of sp³-hybridized carbons (Fsp3) is 0.812. The Morgan fingerprint density at radius 2 is 1.82 bits per heavy atom. The van der Waals surface area contributed by atoms with E-state index in [4.69, 9.17) is 5.73 Å². The lowest BCUT2D eigenvalue weighted by Gasteiger charge is -2.20. The van der Waals surface area contributed by atoms with Crippen LogP contribution >= 0.6 is 24.8 Å². The maximum absolute atomic E-state index is 6.34. The van der Waals surface area contributed by atoms with Crippen LogP contribution in [0.15, 0.2) is 12.5 Å². The van der Waals surface area contributed by atoms with E-state index in [9.17, 15) is 0 Å². The van der Waals surface area contributed by atoms with Gasteiger partial charge in [-0.2, -0.15) is 0 Å². The third-order valence-electron chi connectivity index (χ3n) is 5.57. The highest BCUT2D eigenvalue weighted by molar-refractivity contribution is 5.85. The molecule has 0 aromatic carbocycles. The summed E-state index contributed by atoms with van der Waals surface area (Å²) in [5, 5.41) is 0. The smallest absolute Gasteiger partial charge is 0.0951 e. The van der Waals surface area contributed by atoms with Gasteiger partial charge in [0.05, 0.1) is 12.0 Å². The number of rotatable bonds is 4. The summed E-state index contributed by atoms with van der Waals surface area (Å²) in [5.41, 5.74) is 7.72. The number of aromatic nitrogens is 2. The van der Waals surface area contributed by atoms with Crippen LogP contribution in [-0.2, 0) is 6.54 Å². The van der Waals surface area contributed by atoms with Gasteiger partial charge in [0.2, 0.25) is 0 Å². The van der Waals surface area contributed by atoms with Crippen molar-refractivity contribution < 1.29 is 0 Å². The molecule has 2 heterocycles. The minimum Gasteiger partial charge on any atom is -0.330 e. The molecule has 1 saturated heterocycles. The van der Waals surface area contributed by atoms with Gasteiger partial charge in [0.25, 0.3) is 0 Å². The van der Waals surface area contributed by atoms with E-state index < -0.39 is 0 Å². The van der Waals surface area contributed by atoms with Crippen molar-refractivity contribution in [2.45, 2.75) is 57.2 Å². The Balaban J connectivity index is 0.000000882. The number of likely N-dealkylation sites (tertiary alicyclic amines) is 1. The molecule has 2 N–H and O–H groups in total. The van der Waals surface area contributed by atoms with Gasteiger partial charge >= 0.3 is 0 Å². The second kappa shape index (κ2) is 7.52. The second-order valence-electron chi connectivity index (χ2n) is 7.09. The number of imidazole rings is 1. The van der Waals surface area contributed by atoms with Gasteiger partial charge in [-0.25, -0.2) is 4.98 Å².